The first kappa shape index (κ1) is 15.1. The summed E-state index contributed by atoms with van der Waals surface area (Å²) in [4.78, 5) is 24.8. The summed E-state index contributed by atoms with van der Waals surface area (Å²) in [5.41, 5.74) is 1.14. The minimum Gasteiger partial charge on any atom is -0.317 e. The number of urea groups is 1. The molecule has 2 fully saturated rings. The molecule has 0 unspecified atom stereocenters. The molecule has 0 bridgehead atoms. The van der Waals surface area contributed by atoms with Crippen LogP contribution in [0.3, 0.4) is 0 Å². The number of benzene rings is 1. The fourth-order valence-corrected chi connectivity index (χ4v) is 3.45. The van der Waals surface area contributed by atoms with Crippen LogP contribution in [0.4, 0.5) is 14.9 Å². The van der Waals surface area contributed by atoms with Gasteiger partial charge in [-0.3, -0.25) is 19.7 Å². The van der Waals surface area contributed by atoms with Crippen molar-refractivity contribution >= 4 is 28.5 Å². The van der Waals surface area contributed by atoms with Crippen molar-refractivity contribution in [2.75, 3.05) is 24.5 Å². The largest absolute Gasteiger partial charge is 0.328 e. The lowest BCUT2D eigenvalue weighted by Crippen LogP contribution is -2.49. The van der Waals surface area contributed by atoms with Crippen molar-refractivity contribution in [3.63, 3.8) is 0 Å². The molecule has 8 heteroatoms. The van der Waals surface area contributed by atoms with E-state index in [2.05, 4.69) is 15.7 Å². The van der Waals surface area contributed by atoms with Crippen LogP contribution in [0.15, 0.2) is 18.3 Å². The molecule has 0 saturated carbocycles. The molecule has 2 aliphatic heterocycles. The van der Waals surface area contributed by atoms with Gasteiger partial charge in [-0.05, 0) is 38.1 Å². The van der Waals surface area contributed by atoms with Gasteiger partial charge in [-0.25, -0.2) is 9.18 Å². The Hall–Kier alpha value is -2.48. The summed E-state index contributed by atoms with van der Waals surface area (Å²) in [6.45, 7) is 2.05. The number of nitrogens with zero attached hydrogens (tertiary/aromatic N) is 3. The molecule has 0 radical (unpaired) electrons. The number of carbonyl (C=O) groups is 2. The molecule has 4 rings (SSSR count). The van der Waals surface area contributed by atoms with Crippen LogP contribution in [0, 0.1) is 5.82 Å². The maximum Gasteiger partial charge on any atom is 0.328 e. The van der Waals surface area contributed by atoms with E-state index in [4.69, 9.17) is 0 Å². The molecule has 126 valence electrons. The zero-order valence-corrected chi connectivity index (χ0v) is 13.1. The Morgan fingerprint density at radius 1 is 1.21 bits per heavy atom. The van der Waals surface area contributed by atoms with Crippen LogP contribution in [-0.2, 0) is 4.79 Å². The number of rotatable bonds is 2. The highest BCUT2D eigenvalue weighted by Crippen LogP contribution is 2.32. The SMILES string of the molecule is O=C1CCN(c2cc(F)cc3c2cnn3C2CCNCC2)C(=O)N1. The summed E-state index contributed by atoms with van der Waals surface area (Å²) in [6.07, 6.45) is 3.74. The number of amides is 3. The maximum absolute atomic E-state index is 14.2. The van der Waals surface area contributed by atoms with E-state index in [1.54, 1.807) is 6.20 Å². The van der Waals surface area contributed by atoms with Gasteiger partial charge < -0.3 is 5.32 Å². The van der Waals surface area contributed by atoms with Crippen molar-refractivity contribution in [3.05, 3.63) is 24.1 Å². The number of piperidine rings is 1. The quantitative estimate of drug-likeness (QED) is 0.875. The zero-order chi connectivity index (χ0) is 16.7. The van der Waals surface area contributed by atoms with E-state index in [0.29, 0.717) is 11.2 Å². The summed E-state index contributed by atoms with van der Waals surface area (Å²) in [6, 6.07) is 2.48. The number of hydrogen-bond acceptors (Lipinski definition) is 4. The number of carbonyl (C=O) groups excluding carboxylic acids is 2. The highest BCUT2D eigenvalue weighted by Gasteiger charge is 2.27. The van der Waals surface area contributed by atoms with Crippen LogP contribution in [0.1, 0.15) is 25.3 Å². The highest BCUT2D eigenvalue weighted by atomic mass is 19.1. The number of halogens is 1. The molecule has 1 aromatic heterocycles. The molecule has 0 spiro atoms. The van der Waals surface area contributed by atoms with Crippen LogP contribution in [-0.4, -0.2) is 41.4 Å². The molecule has 0 atom stereocenters. The molecular formula is C16H18FN5O2. The molecule has 2 aromatic rings. The minimum atomic E-state index is -0.521. The molecule has 1 aromatic carbocycles. The Morgan fingerprint density at radius 3 is 2.75 bits per heavy atom. The van der Waals surface area contributed by atoms with Gasteiger partial charge in [0, 0.05) is 18.4 Å². The highest BCUT2D eigenvalue weighted by molar-refractivity contribution is 6.09. The summed E-state index contributed by atoms with van der Waals surface area (Å²) in [5, 5.41) is 10.7. The van der Waals surface area contributed by atoms with Crippen LogP contribution in [0.25, 0.3) is 10.9 Å². The molecule has 24 heavy (non-hydrogen) atoms. The lowest BCUT2D eigenvalue weighted by molar-refractivity contribution is -0.120. The molecule has 2 aliphatic rings. The normalized spacial score (nSPS) is 19.8. The van der Waals surface area contributed by atoms with Gasteiger partial charge in [0.1, 0.15) is 5.82 Å². The summed E-state index contributed by atoms with van der Waals surface area (Å²) in [7, 11) is 0. The maximum atomic E-state index is 14.2. The van der Waals surface area contributed by atoms with E-state index < -0.39 is 11.8 Å². The second kappa shape index (κ2) is 5.86. The van der Waals surface area contributed by atoms with E-state index >= 15 is 0 Å². The van der Waals surface area contributed by atoms with Gasteiger partial charge in [0.15, 0.2) is 0 Å². The zero-order valence-electron chi connectivity index (χ0n) is 13.1. The van der Waals surface area contributed by atoms with Crippen molar-refractivity contribution in [2.45, 2.75) is 25.3 Å². The van der Waals surface area contributed by atoms with Gasteiger partial charge in [0.05, 0.1) is 23.4 Å². The fraction of sp³-hybridized carbons (Fsp3) is 0.438. The molecule has 7 nitrogen and oxygen atoms in total. The summed E-state index contributed by atoms with van der Waals surface area (Å²) in [5.74, 6) is -0.729. The third kappa shape index (κ3) is 2.52. The molecular weight excluding hydrogens is 313 g/mol. The number of aromatic nitrogens is 2. The van der Waals surface area contributed by atoms with E-state index in [0.717, 1.165) is 31.3 Å². The Balaban J connectivity index is 1.78. The van der Waals surface area contributed by atoms with Crippen LogP contribution < -0.4 is 15.5 Å². The number of hydrogen-bond donors (Lipinski definition) is 2. The second-order valence-corrected chi connectivity index (χ2v) is 6.18. The van der Waals surface area contributed by atoms with Gasteiger partial charge in [-0.1, -0.05) is 0 Å². The predicted molar refractivity (Wildman–Crippen MR) is 86.3 cm³/mol. The number of fused-ring (bicyclic) bond motifs is 1. The third-order valence-electron chi connectivity index (χ3n) is 4.66. The summed E-state index contributed by atoms with van der Waals surface area (Å²) >= 11 is 0. The van der Waals surface area contributed by atoms with Crippen LogP contribution in [0.2, 0.25) is 0 Å². The van der Waals surface area contributed by atoms with E-state index in [1.807, 2.05) is 4.68 Å². The average molecular weight is 331 g/mol. The van der Waals surface area contributed by atoms with Crippen molar-refractivity contribution in [1.29, 1.82) is 0 Å². The average Bonchev–Trinajstić information content (AvgIpc) is 2.99. The first-order valence-electron chi connectivity index (χ1n) is 8.12. The molecule has 3 heterocycles. The lowest BCUT2D eigenvalue weighted by atomic mass is 10.1. The van der Waals surface area contributed by atoms with Crippen molar-refractivity contribution in [2.24, 2.45) is 0 Å². The predicted octanol–water partition coefficient (Wildman–Crippen LogP) is 1.55. The lowest BCUT2D eigenvalue weighted by Gasteiger charge is -2.27. The van der Waals surface area contributed by atoms with E-state index in [9.17, 15) is 14.0 Å². The van der Waals surface area contributed by atoms with Crippen molar-refractivity contribution < 1.29 is 14.0 Å². The Bertz CT molecular complexity index is 812. The smallest absolute Gasteiger partial charge is 0.317 e. The topological polar surface area (TPSA) is 79.3 Å². The second-order valence-electron chi connectivity index (χ2n) is 6.18. The first-order chi connectivity index (χ1) is 11.6. The monoisotopic (exact) mass is 331 g/mol. The Labute approximate surface area is 137 Å². The molecule has 2 saturated heterocycles. The molecule has 0 aliphatic carbocycles. The number of anilines is 1. The van der Waals surface area contributed by atoms with Gasteiger partial charge in [-0.15, -0.1) is 0 Å². The Morgan fingerprint density at radius 2 is 2.00 bits per heavy atom. The fourth-order valence-electron chi connectivity index (χ4n) is 3.45. The summed E-state index contributed by atoms with van der Waals surface area (Å²) < 4.78 is 16.1. The van der Waals surface area contributed by atoms with Crippen LogP contribution >= 0.6 is 0 Å². The van der Waals surface area contributed by atoms with E-state index in [-0.39, 0.29) is 24.9 Å². The molecule has 2 N–H and O–H groups in total. The number of imide groups is 1. The van der Waals surface area contributed by atoms with Gasteiger partial charge in [-0.2, -0.15) is 5.10 Å². The van der Waals surface area contributed by atoms with Gasteiger partial charge >= 0.3 is 6.03 Å². The minimum absolute atomic E-state index is 0.201. The Kier molecular flexibility index (Phi) is 3.68. The van der Waals surface area contributed by atoms with Crippen molar-refractivity contribution in [3.8, 4) is 0 Å². The standard InChI is InChI=1S/C16H18FN5O2/c17-10-7-13(21-6-3-15(23)20-16(21)24)12-9-19-22(14(12)8-10)11-1-4-18-5-2-11/h7-9,11,18H,1-6H2,(H,20,23,24). The van der Waals surface area contributed by atoms with Gasteiger partial charge in [0.2, 0.25) is 5.91 Å². The van der Waals surface area contributed by atoms with E-state index in [1.165, 1.54) is 17.0 Å². The van der Waals surface area contributed by atoms with Crippen LogP contribution in [0.5, 0.6) is 0 Å². The first-order valence-corrected chi connectivity index (χ1v) is 8.12. The number of nitrogens with one attached hydrogen (secondary N) is 2. The third-order valence-corrected chi connectivity index (χ3v) is 4.66. The molecule has 3 amide bonds. The van der Waals surface area contributed by atoms with Crippen molar-refractivity contribution in [1.82, 2.24) is 20.4 Å². The van der Waals surface area contributed by atoms with Gasteiger partial charge in [0.25, 0.3) is 0 Å².